The van der Waals surface area contributed by atoms with Crippen molar-refractivity contribution in [1.82, 2.24) is 4.57 Å². The molecule has 17 heavy (non-hydrogen) atoms. The smallest absolute Gasteiger partial charge is 0.293 e. The number of nitrogens with zero attached hydrogens (tertiary/aromatic N) is 3. The first kappa shape index (κ1) is 11.2. The van der Waals surface area contributed by atoms with Crippen LogP contribution in [-0.4, -0.2) is 9.49 Å². The third-order valence-corrected chi connectivity index (χ3v) is 2.83. The van der Waals surface area contributed by atoms with Crippen LogP contribution in [-0.2, 0) is 0 Å². The van der Waals surface area contributed by atoms with E-state index in [4.69, 9.17) is 5.26 Å². The summed E-state index contributed by atoms with van der Waals surface area (Å²) in [5, 5.41) is 22.2. The fraction of sp³-hybridized carbons (Fsp3) is 0. The van der Waals surface area contributed by atoms with Gasteiger partial charge in [-0.1, -0.05) is 12.1 Å². The van der Waals surface area contributed by atoms with Gasteiger partial charge in [-0.15, -0.1) is 0 Å². The van der Waals surface area contributed by atoms with Gasteiger partial charge in [-0.05, 0) is 18.2 Å². The molecule has 0 unspecified atom stereocenters. The molecule has 1 heterocycles. The highest BCUT2D eigenvalue weighted by atomic mass is 32.2. The fourth-order valence-electron chi connectivity index (χ4n) is 1.52. The number of aromatic nitrogens is 1. The van der Waals surface area contributed by atoms with Crippen LogP contribution < -0.4 is 0 Å². The van der Waals surface area contributed by atoms with Crippen molar-refractivity contribution in [2.24, 2.45) is 0 Å². The zero-order chi connectivity index (χ0) is 12.3. The molecule has 0 radical (unpaired) electrons. The zero-order valence-corrected chi connectivity index (χ0v) is 9.42. The lowest BCUT2D eigenvalue weighted by atomic mass is 10.2. The summed E-state index contributed by atoms with van der Waals surface area (Å²) < 4.78 is 1.63. The van der Waals surface area contributed by atoms with E-state index in [2.05, 4.69) is 0 Å². The van der Waals surface area contributed by atoms with Gasteiger partial charge in [-0.25, -0.2) is 0 Å². The molecule has 5 nitrogen and oxygen atoms in total. The molecular weight excluding hydrogens is 238 g/mol. The number of rotatable bonds is 3. The summed E-state index contributed by atoms with van der Waals surface area (Å²) in [6.45, 7) is 0. The largest absolute Gasteiger partial charge is 0.305 e. The predicted molar refractivity (Wildman–Crippen MR) is 63.9 cm³/mol. The van der Waals surface area contributed by atoms with Gasteiger partial charge in [0.05, 0.1) is 9.95 Å². The summed E-state index contributed by atoms with van der Waals surface area (Å²) in [7, 11) is 0. The molecule has 0 N–H and O–H groups in total. The summed E-state index contributed by atoms with van der Waals surface area (Å²) in [6, 6.07) is 9.92. The van der Waals surface area contributed by atoms with Crippen LogP contribution in [0, 0.1) is 20.8 Å². The second-order valence-corrected chi connectivity index (χ2v) is 3.96. The van der Waals surface area contributed by atoms with Gasteiger partial charge < -0.3 is 4.57 Å². The molecule has 2 rings (SSSR count). The molecule has 2 aromatic rings. The van der Waals surface area contributed by atoms with Crippen LogP contribution in [0.3, 0.4) is 0 Å². The van der Waals surface area contributed by atoms with Crippen LogP contribution in [0.2, 0.25) is 0 Å². The van der Waals surface area contributed by atoms with Gasteiger partial charge in [0.1, 0.15) is 11.1 Å². The van der Waals surface area contributed by atoms with Crippen LogP contribution in [0.5, 0.6) is 0 Å². The molecule has 84 valence electrons. The summed E-state index contributed by atoms with van der Waals surface area (Å²) in [5.74, 6) is 0. The monoisotopic (exact) mass is 245 g/mol. The van der Waals surface area contributed by atoms with E-state index in [-0.39, 0.29) is 5.69 Å². The van der Waals surface area contributed by atoms with Crippen molar-refractivity contribution in [3.63, 3.8) is 0 Å². The number of thiocyanates is 1. The molecule has 1 aromatic carbocycles. The molecule has 0 amide bonds. The van der Waals surface area contributed by atoms with Crippen molar-refractivity contribution in [2.75, 3.05) is 0 Å². The second kappa shape index (κ2) is 4.72. The molecule has 0 aliphatic carbocycles. The quantitative estimate of drug-likeness (QED) is 0.360. The topological polar surface area (TPSA) is 71.9 Å². The minimum Gasteiger partial charge on any atom is -0.305 e. The van der Waals surface area contributed by atoms with Gasteiger partial charge in [0.25, 0.3) is 5.69 Å². The summed E-state index contributed by atoms with van der Waals surface area (Å²) in [4.78, 5) is 10.5. The van der Waals surface area contributed by atoms with Crippen LogP contribution in [0.25, 0.3) is 5.69 Å². The number of nitriles is 1. The first-order chi connectivity index (χ1) is 8.24. The Kier molecular flexibility index (Phi) is 3.12. The summed E-state index contributed by atoms with van der Waals surface area (Å²) in [6.07, 6.45) is 1.70. The molecule has 0 bridgehead atoms. The van der Waals surface area contributed by atoms with E-state index >= 15 is 0 Å². The molecular formula is C11H7N3O2S. The van der Waals surface area contributed by atoms with E-state index in [1.165, 1.54) is 6.07 Å². The Bertz CT molecular complexity index is 601. The molecule has 0 aliphatic heterocycles. The molecule has 1 aromatic heterocycles. The lowest BCUT2D eigenvalue weighted by Crippen LogP contribution is -1.99. The van der Waals surface area contributed by atoms with E-state index in [1.54, 1.807) is 41.1 Å². The maximum Gasteiger partial charge on any atom is 0.293 e. The minimum atomic E-state index is -0.434. The standard InChI is InChI=1S/C11H7N3O2S/c12-8-17-11-6-3-7-13(11)9-4-1-2-5-10(9)14(15)16/h1-7H. The maximum atomic E-state index is 10.9. The Hall–Kier alpha value is -2.26. The van der Waals surface area contributed by atoms with Gasteiger partial charge >= 0.3 is 0 Å². The van der Waals surface area contributed by atoms with Crippen molar-refractivity contribution in [2.45, 2.75) is 5.03 Å². The Morgan fingerprint density at radius 2 is 2.06 bits per heavy atom. The Labute approximate surface area is 101 Å². The SMILES string of the molecule is N#CSc1cccn1-c1ccccc1[N+](=O)[O-]. The number of benzene rings is 1. The molecule has 0 atom stereocenters. The van der Waals surface area contributed by atoms with Crippen LogP contribution in [0.1, 0.15) is 0 Å². The minimum absolute atomic E-state index is 0.0171. The molecule has 0 spiro atoms. The number of thioether (sulfide) groups is 1. The van der Waals surface area contributed by atoms with Crippen molar-refractivity contribution < 1.29 is 4.92 Å². The number of hydrogen-bond acceptors (Lipinski definition) is 4. The van der Waals surface area contributed by atoms with Crippen LogP contribution in [0.15, 0.2) is 47.6 Å². The molecule has 0 saturated carbocycles. The van der Waals surface area contributed by atoms with Gasteiger partial charge in [-0.3, -0.25) is 10.1 Å². The summed E-state index contributed by atoms with van der Waals surface area (Å²) in [5.41, 5.74) is 0.476. The molecule has 0 aliphatic rings. The Morgan fingerprint density at radius 1 is 1.29 bits per heavy atom. The number of nitro groups is 1. The van der Waals surface area contributed by atoms with Crippen molar-refractivity contribution in [3.05, 3.63) is 52.7 Å². The van der Waals surface area contributed by atoms with E-state index < -0.39 is 4.92 Å². The number of para-hydroxylation sites is 2. The van der Waals surface area contributed by atoms with Crippen molar-refractivity contribution >= 4 is 17.4 Å². The molecule has 6 heteroatoms. The molecule has 0 saturated heterocycles. The van der Waals surface area contributed by atoms with E-state index in [0.29, 0.717) is 10.7 Å². The normalized spacial score (nSPS) is 9.82. The number of nitro benzene ring substituents is 1. The highest BCUT2D eigenvalue weighted by Crippen LogP contribution is 2.27. The first-order valence-corrected chi connectivity index (χ1v) is 5.53. The lowest BCUT2D eigenvalue weighted by Gasteiger charge is -2.06. The lowest BCUT2D eigenvalue weighted by molar-refractivity contribution is -0.384. The second-order valence-electron chi connectivity index (χ2n) is 3.16. The van der Waals surface area contributed by atoms with Crippen molar-refractivity contribution in [3.8, 4) is 11.1 Å². The average Bonchev–Trinajstić information content (AvgIpc) is 2.77. The third kappa shape index (κ3) is 2.14. The summed E-state index contributed by atoms with van der Waals surface area (Å²) >= 11 is 0.970. The van der Waals surface area contributed by atoms with Crippen LogP contribution >= 0.6 is 11.8 Å². The van der Waals surface area contributed by atoms with Crippen molar-refractivity contribution in [1.29, 1.82) is 5.26 Å². The fourth-order valence-corrected chi connectivity index (χ4v) is 2.01. The van der Waals surface area contributed by atoms with Gasteiger partial charge in [0.15, 0.2) is 0 Å². The Morgan fingerprint density at radius 3 is 2.76 bits per heavy atom. The first-order valence-electron chi connectivity index (χ1n) is 4.71. The van der Waals surface area contributed by atoms with Gasteiger partial charge in [0.2, 0.25) is 0 Å². The maximum absolute atomic E-state index is 10.9. The van der Waals surface area contributed by atoms with E-state index in [1.807, 2.05) is 5.40 Å². The average molecular weight is 245 g/mol. The van der Waals surface area contributed by atoms with E-state index in [9.17, 15) is 10.1 Å². The highest BCUT2D eigenvalue weighted by Gasteiger charge is 2.15. The van der Waals surface area contributed by atoms with Crippen LogP contribution in [0.4, 0.5) is 5.69 Å². The predicted octanol–water partition coefficient (Wildman–Crippen LogP) is 2.96. The van der Waals surface area contributed by atoms with Gasteiger partial charge in [0, 0.05) is 24.0 Å². The Balaban J connectivity index is 2.57. The van der Waals surface area contributed by atoms with E-state index in [0.717, 1.165) is 11.8 Å². The number of hydrogen-bond donors (Lipinski definition) is 0. The third-order valence-electron chi connectivity index (χ3n) is 2.20. The zero-order valence-electron chi connectivity index (χ0n) is 8.61. The van der Waals surface area contributed by atoms with Gasteiger partial charge in [-0.2, -0.15) is 5.26 Å². The highest BCUT2D eigenvalue weighted by molar-refractivity contribution is 8.03. The molecule has 0 fully saturated rings.